The maximum absolute atomic E-state index is 11.5. The van der Waals surface area contributed by atoms with Gasteiger partial charge in [0.2, 0.25) is 10.0 Å². The fraction of sp³-hybridized carbons (Fsp3) is 0.333. The van der Waals surface area contributed by atoms with Crippen LogP contribution >= 0.6 is 15.9 Å². The molecule has 0 unspecified atom stereocenters. The molecule has 0 aliphatic carbocycles. The molecule has 0 saturated heterocycles. The van der Waals surface area contributed by atoms with Crippen molar-refractivity contribution >= 4 is 31.9 Å². The van der Waals surface area contributed by atoms with E-state index in [-0.39, 0.29) is 18.2 Å². The Morgan fingerprint density at radius 1 is 1.47 bits per heavy atom. The lowest BCUT2D eigenvalue weighted by Gasteiger charge is -2.05. The summed E-state index contributed by atoms with van der Waals surface area (Å²) >= 11 is 3.15. The van der Waals surface area contributed by atoms with E-state index in [2.05, 4.69) is 31.0 Å². The molecule has 17 heavy (non-hydrogen) atoms. The molecule has 1 aromatic rings. The minimum Gasteiger partial charge on any atom is -0.351 e. The first kappa shape index (κ1) is 14.1. The van der Waals surface area contributed by atoms with E-state index in [1.165, 1.54) is 13.2 Å². The number of nitrogens with zero attached hydrogens (tertiary/aromatic N) is 1. The second-order valence-electron chi connectivity index (χ2n) is 3.15. The van der Waals surface area contributed by atoms with Crippen molar-refractivity contribution in [1.82, 2.24) is 15.0 Å². The molecule has 0 saturated carbocycles. The Labute approximate surface area is 108 Å². The van der Waals surface area contributed by atoms with Gasteiger partial charge in [-0.3, -0.25) is 4.79 Å². The lowest BCUT2D eigenvalue weighted by molar-refractivity contribution is 0.0955. The number of aromatic nitrogens is 1. The summed E-state index contributed by atoms with van der Waals surface area (Å²) in [5.74, 6) is -0.504. The van der Waals surface area contributed by atoms with E-state index >= 15 is 0 Å². The van der Waals surface area contributed by atoms with E-state index in [0.717, 1.165) is 0 Å². The first-order valence-electron chi connectivity index (χ1n) is 4.75. The molecule has 94 valence electrons. The van der Waals surface area contributed by atoms with Gasteiger partial charge in [-0.15, -0.1) is 0 Å². The molecule has 0 aliphatic rings. The molecule has 1 heterocycles. The Kier molecular flexibility index (Phi) is 5.03. The van der Waals surface area contributed by atoms with Gasteiger partial charge in [-0.2, -0.15) is 0 Å². The van der Waals surface area contributed by atoms with Crippen molar-refractivity contribution in [3.8, 4) is 0 Å². The summed E-state index contributed by atoms with van der Waals surface area (Å²) in [6.45, 7) is 0.0536. The van der Waals surface area contributed by atoms with E-state index in [9.17, 15) is 13.2 Å². The van der Waals surface area contributed by atoms with Gasteiger partial charge in [0, 0.05) is 12.7 Å². The van der Waals surface area contributed by atoms with Crippen LogP contribution in [0.1, 0.15) is 10.4 Å². The van der Waals surface area contributed by atoms with Gasteiger partial charge in [-0.1, -0.05) is 0 Å². The highest BCUT2D eigenvalue weighted by atomic mass is 79.9. The molecule has 0 radical (unpaired) electrons. The Bertz CT molecular complexity index is 487. The summed E-state index contributed by atoms with van der Waals surface area (Å²) in [4.78, 5) is 15.4. The van der Waals surface area contributed by atoms with Crippen LogP contribution in [0.5, 0.6) is 0 Å². The summed E-state index contributed by atoms with van der Waals surface area (Å²) in [7, 11) is -1.96. The molecule has 8 heteroatoms. The van der Waals surface area contributed by atoms with Crippen LogP contribution < -0.4 is 10.0 Å². The van der Waals surface area contributed by atoms with Gasteiger partial charge in [0.1, 0.15) is 4.60 Å². The van der Waals surface area contributed by atoms with Crippen molar-refractivity contribution in [2.45, 2.75) is 0 Å². The van der Waals surface area contributed by atoms with Crippen LogP contribution in [0.25, 0.3) is 0 Å². The minimum absolute atomic E-state index is 0.0536. The number of hydrogen-bond donors (Lipinski definition) is 2. The van der Waals surface area contributed by atoms with Crippen LogP contribution in [-0.2, 0) is 10.0 Å². The summed E-state index contributed by atoms with van der Waals surface area (Å²) in [6, 6.07) is 3.23. The van der Waals surface area contributed by atoms with E-state index in [0.29, 0.717) is 10.2 Å². The van der Waals surface area contributed by atoms with Gasteiger partial charge in [0.05, 0.1) is 11.3 Å². The maximum Gasteiger partial charge on any atom is 0.252 e. The standard InChI is InChI=1S/C9H12BrN3O3S/c1-11-17(15,16)5-4-12-9(14)7-2-3-8(10)13-6-7/h2-3,6,11H,4-5H2,1H3,(H,12,14). The first-order valence-corrected chi connectivity index (χ1v) is 7.20. The molecule has 1 rings (SSSR count). The van der Waals surface area contributed by atoms with Gasteiger partial charge in [-0.05, 0) is 35.1 Å². The topological polar surface area (TPSA) is 88.2 Å². The number of pyridine rings is 1. The fourth-order valence-corrected chi connectivity index (χ4v) is 1.82. The quantitative estimate of drug-likeness (QED) is 0.754. The van der Waals surface area contributed by atoms with E-state index < -0.39 is 10.0 Å². The van der Waals surface area contributed by atoms with Crippen LogP contribution in [0.4, 0.5) is 0 Å². The number of carbonyl (C=O) groups excluding carboxylic acids is 1. The maximum atomic E-state index is 11.5. The first-order chi connectivity index (χ1) is 7.94. The molecule has 0 spiro atoms. The van der Waals surface area contributed by atoms with Crippen molar-refractivity contribution in [2.75, 3.05) is 19.3 Å². The molecule has 0 atom stereocenters. The summed E-state index contributed by atoms with van der Waals surface area (Å²) in [5, 5.41) is 2.50. The monoisotopic (exact) mass is 321 g/mol. The van der Waals surface area contributed by atoms with Crippen LogP contribution in [-0.4, -0.2) is 38.7 Å². The largest absolute Gasteiger partial charge is 0.351 e. The average molecular weight is 322 g/mol. The van der Waals surface area contributed by atoms with Crippen LogP contribution in [0.3, 0.4) is 0 Å². The molecule has 0 fully saturated rings. The molecule has 0 bridgehead atoms. The molecule has 2 N–H and O–H groups in total. The minimum atomic E-state index is -3.29. The molecule has 0 aliphatic heterocycles. The highest BCUT2D eigenvalue weighted by Gasteiger charge is 2.09. The second-order valence-corrected chi connectivity index (χ2v) is 6.01. The highest BCUT2D eigenvalue weighted by molar-refractivity contribution is 9.10. The predicted octanol–water partition coefficient (Wildman–Crippen LogP) is 0.123. The molecular formula is C9H12BrN3O3S. The van der Waals surface area contributed by atoms with Crippen molar-refractivity contribution in [3.05, 3.63) is 28.5 Å². The van der Waals surface area contributed by atoms with E-state index in [1.54, 1.807) is 12.1 Å². The van der Waals surface area contributed by atoms with Crippen LogP contribution in [0, 0.1) is 0 Å². The lowest BCUT2D eigenvalue weighted by atomic mass is 10.3. The van der Waals surface area contributed by atoms with Gasteiger partial charge in [0.15, 0.2) is 0 Å². The number of hydrogen-bond acceptors (Lipinski definition) is 4. The number of carbonyl (C=O) groups is 1. The SMILES string of the molecule is CNS(=O)(=O)CCNC(=O)c1ccc(Br)nc1. The predicted molar refractivity (Wildman–Crippen MR) is 67.1 cm³/mol. The van der Waals surface area contributed by atoms with Gasteiger partial charge in [-0.25, -0.2) is 18.1 Å². The van der Waals surface area contributed by atoms with Crippen molar-refractivity contribution in [2.24, 2.45) is 0 Å². The summed E-state index contributed by atoms with van der Waals surface area (Å²) in [5.41, 5.74) is 0.384. The van der Waals surface area contributed by atoms with E-state index in [1.807, 2.05) is 0 Å². The van der Waals surface area contributed by atoms with E-state index in [4.69, 9.17) is 0 Å². The normalized spacial score (nSPS) is 11.2. The average Bonchev–Trinajstić information content (AvgIpc) is 2.29. The number of sulfonamides is 1. The van der Waals surface area contributed by atoms with Gasteiger partial charge < -0.3 is 5.32 Å². The van der Waals surface area contributed by atoms with Crippen molar-refractivity contribution < 1.29 is 13.2 Å². The number of nitrogens with one attached hydrogen (secondary N) is 2. The van der Waals surface area contributed by atoms with Crippen molar-refractivity contribution in [3.63, 3.8) is 0 Å². The zero-order valence-corrected chi connectivity index (χ0v) is 11.5. The Morgan fingerprint density at radius 3 is 2.71 bits per heavy atom. The highest BCUT2D eigenvalue weighted by Crippen LogP contribution is 2.05. The number of halogens is 1. The third kappa shape index (κ3) is 4.80. The van der Waals surface area contributed by atoms with Crippen LogP contribution in [0.15, 0.2) is 22.9 Å². The van der Waals surface area contributed by atoms with Gasteiger partial charge in [0.25, 0.3) is 5.91 Å². The Morgan fingerprint density at radius 2 is 2.18 bits per heavy atom. The Hall–Kier alpha value is -0.990. The molecular weight excluding hydrogens is 310 g/mol. The Balaban J connectivity index is 2.48. The van der Waals surface area contributed by atoms with Crippen molar-refractivity contribution in [1.29, 1.82) is 0 Å². The summed E-state index contributed by atoms with van der Waals surface area (Å²) in [6.07, 6.45) is 1.41. The van der Waals surface area contributed by atoms with Gasteiger partial charge >= 0.3 is 0 Å². The molecule has 1 aromatic heterocycles. The fourth-order valence-electron chi connectivity index (χ4n) is 1.01. The zero-order valence-electron chi connectivity index (χ0n) is 9.10. The molecule has 6 nitrogen and oxygen atoms in total. The summed E-state index contributed by atoms with van der Waals surface area (Å²) < 4.78 is 25.0. The second kappa shape index (κ2) is 6.08. The number of amides is 1. The smallest absolute Gasteiger partial charge is 0.252 e. The number of rotatable bonds is 5. The zero-order chi connectivity index (χ0) is 12.9. The third-order valence-corrected chi connectivity index (χ3v) is 3.79. The van der Waals surface area contributed by atoms with Crippen LogP contribution in [0.2, 0.25) is 0 Å². The molecule has 0 aromatic carbocycles. The third-order valence-electron chi connectivity index (χ3n) is 1.96. The molecule has 1 amide bonds. The lowest BCUT2D eigenvalue weighted by Crippen LogP contribution is -2.32.